The molecule has 0 fully saturated rings. The lowest BCUT2D eigenvalue weighted by Crippen LogP contribution is -2.28. The van der Waals surface area contributed by atoms with Gasteiger partial charge in [0.1, 0.15) is 5.01 Å². The van der Waals surface area contributed by atoms with E-state index in [1.807, 2.05) is 12.3 Å². The second kappa shape index (κ2) is 7.34. The number of aryl methyl sites for hydroxylation is 1. The molecule has 0 unspecified atom stereocenters. The van der Waals surface area contributed by atoms with Gasteiger partial charge in [0.2, 0.25) is 5.91 Å². The van der Waals surface area contributed by atoms with Crippen molar-refractivity contribution in [3.63, 3.8) is 0 Å². The van der Waals surface area contributed by atoms with E-state index in [9.17, 15) is 9.59 Å². The highest BCUT2D eigenvalue weighted by Crippen LogP contribution is 2.19. The van der Waals surface area contributed by atoms with Gasteiger partial charge in [0.15, 0.2) is 0 Å². The molecular weight excluding hydrogens is 314 g/mol. The summed E-state index contributed by atoms with van der Waals surface area (Å²) in [5.74, 6) is -0.780. The minimum atomic E-state index is -0.579. The number of ether oxygens (including phenoxy) is 1. The standard InChI is InChI=1S/C16H19N3O3S/c1-10-9-23-14(18-10)7-19(2)16(21)12-6-4-5-11(15(17)20)13(12)8-22-3/h4-6,9H,7-8H2,1-3H3,(H2,17,20). The van der Waals surface area contributed by atoms with Gasteiger partial charge in [-0.3, -0.25) is 9.59 Å². The third-order valence-electron chi connectivity index (χ3n) is 3.35. The number of carbonyl (C=O) groups excluding carboxylic acids is 2. The maximum absolute atomic E-state index is 12.7. The van der Waals surface area contributed by atoms with Crippen LogP contribution in [0.4, 0.5) is 0 Å². The minimum absolute atomic E-state index is 0.143. The Morgan fingerprint density at radius 1 is 1.35 bits per heavy atom. The molecule has 2 amide bonds. The fourth-order valence-electron chi connectivity index (χ4n) is 2.27. The van der Waals surface area contributed by atoms with Crippen LogP contribution in [-0.2, 0) is 17.9 Å². The molecule has 23 heavy (non-hydrogen) atoms. The summed E-state index contributed by atoms with van der Waals surface area (Å²) in [6.45, 7) is 2.46. The van der Waals surface area contributed by atoms with Crippen LogP contribution in [0.25, 0.3) is 0 Å². The summed E-state index contributed by atoms with van der Waals surface area (Å²) in [5, 5.41) is 2.80. The zero-order valence-electron chi connectivity index (χ0n) is 13.3. The molecule has 0 aliphatic carbocycles. The van der Waals surface area contributed by atoms with Crippen molar-refractivity contribution in [2.45, 2.75) is 20.1 Å². The number of nitrogens with two attached hydrogens (primary N) is 1. The molecule has 7 heteroatoms. The first-order valence-corrected chi connectivity index (χ1v) is 7.89. The summed E-state index contributed by atoms with van der Waals surface area (Å²) < 4.78 is 5.12. The number of rotatable bonds is 6. The summed E-state index contributed by atoms with van der Waals surface area (Å²) in [6.07, 6.45) is 0. The van der Waals surface area contributed by atoms with E-state index in [0.717, 1.165) is 10.7 Å². The molecule has 2 rings (SSSR count). The first kappa shape index (κ1) is 17.1. The molecule has 0 bridgehead atoms. The first-order chi connectivity index (χ1) is 10.9. The molecule has 0 radical (unpaired) electrons. The lowest BCUT2D eigenvalue weighted by atomic mass is 10.00. The van der Waals surface area contributed by atoms with Crippen LogP contribution in [-0.4, -0.2) is 35.9 Å². The van der Waals surface area contributed by atoms with E-state index in [-0.39, 0.29) is 12.5 Å². The highest BCUT2D eigenvalue weighted by atomic mass is 32.1. The maximum atomic E-state index is 12.7. The molecule has 0 saturated heterocycles. The fourth-order valence-corrected chi connectivity index (χ4v) is 3.10. The topological polar surface area (TPSA) is 85.5 Å². The van der Waals surface area contributed by atoms with Crippen molar-refractivity contribution in [3.8, 4) is 0 Å². The molecule has 0 aliphatic heterocycles. The van der Waals surface area contributed by atoms with Gasteiger partial charge in [-0.25, -0.2) is 4.98 Å². The lowest BCUT2D eigenvalue weighted by molar-refractivity contribution is 0.0780. The smallest absolute Gasteiger partial charge is 0.254 e. The molecule has 0 aliphatic rings. The van der Waals surface area contributed by atoms with Gasteiger partial charge in [0, 0.05) is 41.9 Å². The molecule has 2 aromatic rings. The summed E-state index contributed by atoms with van der Waals surface area (Å²) >= 11 is 1.51. The molecule has 2 N–H and O–H groups in total. The Morgan fingerprint density at radius 3 is 2.61 bits per heavy atom. The van der Waals surface area contributed by atoms with Gasteiger partial charge in [-0.15, -0.1) is 11.3 Å². The largest absolute Gasteiger partial charge is 0.380 e. The molecule has 6 nitrogen and oxygen atoms in total. The van der Waals surface area contributed by atoms with Gasteiger partial charge in [-0.2, -0.15) is 0 Å². The van der Waals surface area contributed by atoms with Crippen LogP contribution in [0.15, 0.2) is 23.6 Å². The Labute approximate surface area is 138 Å². The molecule has 1 aromatic heterocycles. The van der Waals surface area contributed by atoms with E-state index in [1.54, 1.807) is 30.1 Å². The van der Waals surface area contributed by atoms with Gasteiger partial charge >= 0.3 is 0 Å². The summed E-state index contributed by atoms with van der Waals surface area (Å²) in [6, 6.07) is 4.91. The highest BCUT2D eigenvalue weighted by molar-refractivity contribution is 7.09. The fraction of sp³-hybridized carbons (Fsp3) is 0.312. The van der Waals surface area contributed by atoms with E-state index in [1.165, 1.54) is 18.4 Å². The van der Waals surface area contributed by atoms with E-state index in [2.05, 4.69) is 4.98 Å². The van der Waals surface area contributed by atoms with Crippen LogP contribution < -0.4 is 5.73 Å². The second-order valence-electron chi connectivity index (χ2n) is 5.17. The van der Waals surface area contributed by atoms with Crippen LogP contribution in [0, 0.1) is 6.92 Å². The zero-order valence-corrected chi connectivity index (χ0v) is 14.1. The van der Waals surface area contributed by atoms with Crippen molar-refractivity contribution in [1.82, 2.24) is 9.88 Å². The zero-order chi connectivity index (χ0) is 17.0. The average molecular weight is 333 g/mol. The van der Waals surface area contributed by atoms with Gasteiger partial charge in [-0.05, 0) is 19.1 Å². The quantitative estimate of drug-likeness (QED) is 0.876. The van der Waals surface area contributed by atoms with Gasteiger partial charge in [0.05, 0.1) is 13.2 Å². The van der Waals surface area contributed by atoms with Gasteiger partial charge in [0.25, 0.3) is 5.91 Å². The summed E-state index contributed by atoms with van der Waals surface area (Å²) in [5.41, 5.74) is 7.55. The predicted octanol–water partition coefficient (Wildman–Crippen LogP) is 1.97. The summed E-state index contributed by atoms with van der Waals surface area (Å²) in [7, 11) is 3.21. The molecule has 0 saturated carbocycles. The third kappa shape index (κ3) is 3.94. The Hall–Kier alpha value is -2.25. The number of primary amides is 1. The first-order valence-electron chi connectivity index (χ1n) is 7.01. The molecule has 1 aromatic carbocycles. The van der Waals surface area contributed by atoms with Crippen LogP contribution in [0.1, 0.15) is 37.0 Å². The Bertz CT molecular complexity index is 727. The van der Waals surface area contributed by atoms with Crippen LogP contribution >= 0.6 is 11.3 Å². The number of thiazole rings is 1. The number of hydrogen-bond donors (Lipinski definition) is 1. The van der Waals surface area contributed by atoms with Crippen molar-refractivity contribution in [1.29, 1.82) is 0 Å². The molecule has 0 spiro atoms. The number of amides is 2. The van der Waals surface area contributed by atoms with Crippen molar-refractivity contribution >= 4 is 23.2 Å². The van der Waals surface area contributed by atoms with Crippen LogP contribution in [0.3, 0.4) is 0 Å². The van der Waals surface area contributed by atoms with E-state index in [0.29, 0.717) is 23.2 Å². The Morgan fingerprint density at radius 2 is 2.04 bits per heavy atom. The van der Waals surface area contributed by atoms with E-state index in [4.69, 9.17) is 10.5 Å². The molecule has 0 atom stereocenters. The third-order valence-corrected chi connectivity index (χ3v) is 4.30. The molecule has 122 valence electrons. The molecule has 1 heterocycles. The van der Waals surface area contributed by atoms with Gasteiger partial charge < -0.3 is 15.4 Å². The number of methoxy groups -OCH3 is 1. The predicted molar refractivity (Wildman–Crippen MR) is 88.3 cm³/mol. The lowest BCUT2D eigenvalue weighted by Gasteiger charge is -2.19. The number of hydrogen-bond acceptors (Lipinski definition) is 5. The number of benzene rings is 1. The SMILES string of the molecule is COCc1c(C(N)=O)cccc1C(=O)N(C)Cc1nc(C)cs1. The Kier molecular flexibility index (Phi) is 5.46. The van der Waals surface area contributed by atoms with Gasteiger partial charge in [-0.1, -0.05) is 6.07 Å². The van der Waals surface area contributed by atoms with Crippen molar-refractivity contribution < 1.29 is 14.3 Å². The van der Waals surface area contributed by atoms with Crippen molar-refractivity contribution in [2.24, 2.45) is 5.73 Å². The summed E-state index contributed by atoms with van der Waals surface area (Å²) in [4.78, 5) is 30.2. The van der Waals surface area contributed by atoms with Crippen molar-refractivity contribution in [3.05, 3.63) is 51.0 Å². The molecular formula is C16H19N3O3S. The number of aromatic nitrogens is 1. The average Bonchev–Trinajstić information content (AvgIpc) is 2.91. The maximum Gasteiger partial charge on any atom is 0.254 e. The minimum Gasteiger partial charge on any atom is -0.380 e. The highest BCUT2D eigenvalue weighted by Gasteiger charge is 2.20. The van der Waals surface area contributed by atoms with Crippen LogP contribution in [0.2, 0.25) is 0 Å². The van der Waals surface area contributed by atoms with E-state index >= 15 is 0 Å². The monoisotopic (exact) mass is 333 g/mol. The normalized spacial score (nSPS) is 10.6. The van der Waals surface area contributed by atoms with Crippen LogP contribution in [0.5, 0.6) is 0 Å². The number of carbonyl (C=O) groups is 2. The van der Waals surface area contributed by atoms with Crippen molar-refractivity contribution in [2.75, 3.05) is 14.2 Å². The van der Waals surface area contributed by atoms with E-state index < -0.39 is 5.91 Å². The number of nitrogens with zero attached hydrogens (tertiary/aromatic N) is 2. The second-order valence-corrected chi connectivity index (χ2v) is 6.12. The Balaban J connectivity index is 2.30.